The highest BCUT2D eigenvalue weighted by molar-refractivity contribution is 5.99. The summed E-state index contributed by atoms with van der Waals surface area (Å²) in [5.74, 6) is -2.71. The van der Waals surface area contributed by atoms with Crippen molar-refractivity contribution in [1.82, 2.24) is 4.90 Å². The van der Waals surface area contributed by atoms with Crippen LogP contribution >= 0.6 is 0 Å². The van der Waals surface area contributed by atoms with Gasteiger partial charge in [-0.1, -0.05) is 13.8 Å². The van der Waals surface area contributed by atoms with Crippen LogP contribution in [0.2, 0.25) is 0 Å². The van der Waals surface area contributed by atoms with Gasteiger partial charge < -0.3 is 15.3 Å². The molecule has 1 heterocycles. The highest BCUT2D eigenvalue weighted by Crippen LogP contribution is 2.26. The molecule has 1 aromatic rings. The van der Waals surface area contributed by atoms with Crippen LogP contribution in [0.15, 0.2) is 12.1 Å². The zero-order valence-electron chi connectivity index (χ0n) is 13.1. The maximum absolute atomic E-state index is 14.2. The van der Waals surface area contributed by atoms with Crippen molar-refractivity contribution in [3.8, 4) is 0 Å². The molecule has 1 aliphatic heterocycles. The van der Waals surface area contributed by atoms with E-state index in [-0.39, 0.29) is 30.4 Å². The van der Waals surface area contributed by atoms with E-state index in [4.69, 9.17) is 5.11 Å². The summed E-state index contributed by atoms with van der Waals surface area (Å²) < 4.78 is 14.2. The lowest BCUT2D eigenvalue weighted by Gasteiger charge is -2.24. The zero-order valence-corrected chi connectivity index (χ0v) is 13.1. The Labute approximate surface area is 133 Å². The number of amides is 2. The quantitative estimate of drug-likeness (QED) is 0.867. The Morgan fingerprint density at radius 3 is 2.65 bits per heavy atom. The summed E-state index contributed by atoms with van der Waals surface area (Å²) in [5.41, 5.74) is 0.875. The molecule has 0 saturated heterocycles. The molecule has 6 nitrogen and oxygen atoms in total. The number of fused-ring (bicyclic) bond motifs is 1. The molecule has 0 aliphatic carbocycles. The second-order valence-corrected chi connectivity index (χ2v) is 6.01. The van der Waals surface area contributed by atoms with E-state index in [1.165, 1.54) is 6.07 Å². The highest BCUT2D eigenvalue weighted by atomic mass is 19.1. The van der Waals surface area contributed by atoms with E-state index >= 15 is 0 Å². The molecule has 0 radical (unpaired) electrons. The number of carboxylic acids is 1. The maximum atomic E-state index is 14.2. The molecule has 0 fully saturated rings. The fourth-order valence-corrected chi connectivity index (χ4v) is 2.56. The fraction of sp³-hybridized carbons (Fsp3) is 0.438. The van der Waals surface area contributed by atoms with Gasteiger partial charge in [-0.25, -0.2) is 4.39 Å². The number of carbonyl (C=O) groups excluding carboxylic acids is 2. The van der Waals surface area contributed by atoms with Crippen molar-refractivity contribution in [3.63, 3.8) is 0 Å². The summed E-state index contributed by atoms with van der Waals surface area (Å²) >= 11 is 0. The molecule has 0 saturated carbocycles. The third kappa shape index (κ3) is 4.06. The van der Waals surface area contributed by atoms with Crippen molar-refractivity contribution in [2.75, 3.05) is 18.4 Å². The summed E-state index contributed by atoms with van der Waals surface area (Å²) in [5, 5.41) is 11.5. The summed E-state index contributed by atoms with van der Waals surface area (Å²) in [6.45, 7) is 3.43. The second-order valence-electron chi connectivity index (χ2n) is 6.01. The number of carboxylic acid groups (broad SMARTS) is 1. The van der Waals surface area contributed by atoms with Gasteiger partial charge in [-0.3, -0.25) is 14.4 Å². The normalized spacial score (nSPS) is 13.5. The minimum Gasteiger partial charge on any atom is -0.480 e. The van der Waals surface area contributed by atoms with Gasteiger partial charge in [0.05, 0.1) is 5.56 Å². The molecule has 23 heavy (non-hydrogen) atoms. The summed E-state index contributed by atoms with van der Waals surface area (Å²) in [7, 11) is 0. The number of rotatable bonds is 5. The monoisotopic (exact) mass is 322 g/mol. The smallest absolute Gasteiger partial charge is 0.323 e. The van der Waals surface area contributed by atoms with Gasteiger partial charge in [0.2, 0.25) is 5.91 Å². The molecule has 1 aromatic carbocycles. The number of anilines is 1. The van der Waals surface area contributed by atoms with Crippen LogP contribution in [-0.4, -0.2) is 40.9 Å². The third-order valence-electron chi connectivity index (χ3n) is 3.52. The molecule has 0 aromatic heterocycles. The van der Waals surface area contributed by atoms with Crippen molar-refractivity contribution in [2.24, 2.45) is 5.92 Å². The van der Waals surface area contributed by atoms with Gasteiger partial charge in [-0.05, 0) is 30.0 Å². The standard InChI is InChI=1S/C16H19FN2O4/c1-9(2)7-19(8-15(21)22)16(23)11-5-10-3-4-14(20)18-13(10)6-12(11)17/h5-6,9H,3-4,7-8H2,1-2H3,(H,18,20)(H,21,22). The second kappa shape index (κ2) is 6.76. The number of benzene rings is 1. The predicted octanol–water partition coefficient (Wildman–Crippen LogP) is 1.89. The molecule has 2 rings (SSSR count). The number of aryl methyl sites for hydroxylation is 1. The molecule has 7 heteroatoms. The van der Waals surface area contributed by atoms with Gasteiger partial charge in [0, 0.05) is 18.7 Å². The fourth-order valence-electron chi connectivity index (χ4n) is 2.56. The Kier molecular flexibility index (Phi) is 4.98. The van der Waals surface area contributed by atoms with Gasteiger partial charge in [0.1, 0.15) is 12.4 Å². The summed E-state index contributed by atoms with van der Waals surface area (Å²) in [4.78, 5) is 35.9. The highest BCUT2D eigenvalue weighted by Gasteiger charge is 2.25. The van der Waals surface area contributed by atoms with Crippen molar-refractivity contribution >= 4 is 23.5 Å². The Morgan fingerprint density at radius 2 is 2.04 bits per heavy atom. The molecule has 1 aliphatic rings. The van der Waals surface area contributed by atoms with E-state index in [0.717, 1.165) is 11.0 Å². The van der Waals surface area contributed by atoms with Crippen molar-refractivity contribution in [2.45, 2.75) is 26.7 Å². The van der Waals surface area contributed by atoms with Crippen LogP contribution in [0.5, 0.6) is 0 Å². The number of carbonyl (C=O) groups is 3. The van der Waals surface area contributed by atoms with Crippen molar-refractivity contribution < 1.29 is 23.9 Å². The Morgan fingerprint density at radius 1 is 1.35 bits per heavy atom. The topological polar surface area (TPSA) is 86.7 Å². The van der Waals surface area contributed by atoms with E-state index in [1.807, 2.05) is 13.8 Å². The number of hydrogen-bond donors (Lipinski definition) is 2. The van der Waals surface area contributed by atoms with E-state index < -0.39 is 24.2 Å². The molecule has 0 bridgehead atoms. The van der Waals surface area contributed by atoms with Crippen LogP contribution in [0.1, 0.15) is 36.2 Å². The Bertz CT molecular complexity index is 658. The van der Waals surface area contributed by atoms with Crippen LogP contribution in [0, 0.1) is 11.7 Å². The molecular formula is C16H19FN2O4. The lowest BCUT2D eigenvalue weighted by atomic mass is 9.99. The molecule has 2 amide bonds. The zero-order chi connectivity index (χ0) is 17.1. The number of nitrogens with zero attached hydrogens (tertiary/aromatic N) is 1. The first kappa shape index (κ1) is 16.9. The molecule has 0 unspecified atom stereocenters. The SMILES string of the molecule is CC(C)CN(CC(=O)O)C(=O)c1cc2c(cc1F)NC(=O)CC2. The van der Waals surface area contributed by atoms with E-state index in [9.17, 15) is 18.8 Å². The molecule has 0 atom stereocenters. The Hall–Kier alpha value is -2.44. The summed E-state index contributed by atoms with van der Waals surface area (Å²) in [6, 6.07) is 2.52. The van der Waals surface area contributed by atoms with Crippen LogP contribution in [0.4, 0.5) is 10.1 Å². The first-order chi connectivity index (χ1) is 10.8. The van der Waals surface area contributed by atoms with Crippen molar-refractivity contribution in [3.05, 3.63) is 29.1 Å². The van der Waals surface area contributed by atoms with Gasteiger partial charge in [0.25, 0.3) is 5.91 Å². The average molecular weight is 322 g/mol. The number of halogens is 1. The van der Waals surface area contributed by atoms with Gasteiger partial charge in [-0.2, -0.15) is 0 Å². The maximum Gasteiger partial charge on any atom is 0.323 e. The molecule has 0 spiro atoms. The lowest BCUT2D eigenvalue weighted by Crippen LogP contribution is -2.38. The number of hydrogen-bond acceptors (Lipinski definition) is 3. The molecule has 2 N–H and O–H groups in total. The predicted molar refractivity (Wildman–Crippen MR) is 81.7 cm³/mol. The average Bonchev–Trinajstić information content (AvgIpc) is 2.44. The van der Waals surface area contributed by atoms with Crippen LogP contribution in [0.3, 0.4) is 0 Å². The van der Waals surface area contributed by atoms with Crippen LogP contribution in [-0.2, 0) is 16.0 Å². The first-order valence-corrected chi connectivity index (χ1v) is 7.41. The first-order valence-electron chi connectivity index (χ1n) is 7.41. The van der Waals surface area contributed by atoms with E-state index in [0.29, 0.717) is 17.7 Å². The lowest BCUT2D eigenvalue weighted by molar-refractivity contribution is -0.137. The van der Waals surface area contributed by atoms with Gasteiger partial charge in [-0.15, -0.1) is 0 Å². The van der Waals surface area contributed by atoms with Gasteiger partial charge in [0.15, 0.2) is 0 Å². The van der Waals surface area contributed by atoms with Gasteiger partial charge >= 0.3 is 5.97 Å². The molecular weight excluding hydrogens is 303 g/mol. The minimum absolute atomic E-state index is 0.0540. The van der Waals surface area contributed by atoms with E-state index in [2.05, 4.69) is 5.32 Å². The minimum atomic E-state index is -1.15. The third-order valence-corrected chi connectivity index (χ3v) is 3.52. The van der Waals surface area contributed by atoms with E-state index in [1.54, 1.807) is 0 Å². The van der Waals surface area contributed by atoms with Crippen molar-refractivity contribution in [1.29, 1.82) is 0 Å². The largest absolute Gasteiger partial charge is 0.480 e. The van der Waals surface area contributed by atoms with Crippen LogP contribution < -0.4 is 5.32 Å². The number of aliphatic carboxylic acids is 1. The molecule has 124 valence electrons. The van der Waals surface area contributed by atoms with Crippen LogP contribution in [0.25, 0.3) is 0 Å². The number of nitrogens with one attached hydrogen (secondary N) is 1. The summed E-state index contributed by atoms with van der Waals surface area (Å²) in [6.07, 6.45) is 0.696. The Balaban J connectivity index is 2.33.